The molecule has 3 nitrogen and oxygen atoms in total. The maximum absolute atomic E-state index is 12.6. The Bertz CT molecular complexity index is 448. The van der Waals surface area contributed by atoms with Crippen molar-refractivity contribution in [2.75, 3.05) is 13.1 Å². The largest absolute Gasteiger partial charge is 0.406 e. The van der Waals surface area contributed by atoms with Gasteiger partial charge in [0.05, 0.1) is 5.92 Å². The normalized spacial score (nSPS) is 14.6. The fourth-order valence-corrected chi connectivity index (χ4v) is 2.16. The standard InChI is InChI=1S/C15H21F3N2O/c1-3-9-20(10-15(16,17)18)14(21)11(2)13(19)12-7-5-4-6-8-12/h4-8,11,13H,3,9-10,19H2,1-2H3. The molecular formula is C15H21F3N2O. The summed E-state index contributed by atoms with van der Waals surface area (Å²) in [6.07, 6.45) is -3.93. The molecule has 118 valence electrons. The van der Waals surface area contributed by atoms with Crippen LogP contribution in [0.5, 0.6) is 0 Å². The Labute approximate surface area is 122 Å². The van der Waals surface area contributed by atoms with Crippen molar-refractivity contribution in [1.29, 1.82) is 0 Å². The Morgan fingerprint density at radius 3 is 2.33 bits per heavy atom. The van der Waals surface area contributed by atoms with E-state index in [1.807, 2.05) is 6.07 Å². The summed E-state index contributed by atoms with van der Waals surface area (Å²) in [5.41, 5.74) is 6.75. The van der Waals surface area contributed by atoms with Crippen LogP contribution in [0, 0.1) is 5.92 Å². The lowest BCUT2D eigenvalue weighted by molar-refractivity contribution is -0.164. The first-order valence-corrected chi connectivity index (χ1v) is 6.92. The highest BCUT2D eigenvalue weighted by Crippen LogP contribution is 2.23. The molecule has 0 aromatic heterocycles. The highest BCUT2D eigenvalue weighted by atomic mass is 19.4. The van der Waals surface area contributed by atoms with Gasteiger partial charge in [0.15, 0.2) is 0 Å². The number of halogens is 3. The molecule has 21 heavy (non-hydrogen) atoms. The van der Waals surface area contributed by atoms with Crippen LogP contribution < -0.4 is 5.73 Å². The average molecular weight is 302 g/mol. The predicted octanol–water partition coefficient (Wildman–Crippen LogP) is 3.12. The third kappa shape index (κ3) is 5.38. The molecular weight excluding hydrogens is 281 g/mol. The van der Waals surface area contributed by atoms with Gasteiger partial charge in [-0.05, 0) is 12.0 Å². The van der Waals surface area contributed by atoms with Gasteiger partial charge in [-0.3, -0.25) is 4.79 Å². The van der Waals surface area contributed by atoms with Crippen LogP contribution in [0.15, 0.2) is 30.3 Å². The Morgan fingerprint density at radius 1 is 1.29 bits per heavy atom. The SMILES string of the molecule is CCCN(CC(F)(F)F)C(=O)C(C)C(N)c1ccccc1. The molecule has 0 heterocycles. The van der Waals surface area contributed by atoms with E-state index in [4.69, 9.17) is 5.73 Å². The molecule has 0 saturated heterocycles. The lowest BCUT2D eigenvalue weighted by Crippen LogP contribution is -2.44. The number of alkyl halides is 3. The third-order valence-electron chi connectivity index (χ3n) is 3.29. The fourth-order valence-electron chi connectivity index (χ4n) is 2.16. The van der Waals surface area contributed by atoms with Gasteiger partial charge >= 0.3 is 6.18 Å². The number of rotatable bonds is 6. The van der Waals surface area contributed by atoms with Gasteiger partial charge in [-0.1, -0.05) is 44.2 Å². The zero-order valence-corrected chi connectivity index (χ0v) is 12.2. The minimum absolute atomic E-state index is 0.0736. The van der Waals surface area contributed by atoms with Gasteiger partial charge < -0.3 is 10.6 Å². The van der Waals surface area contributed by atoms with E-state index in [2.05, 4.69) is 0 Å². The van der Waals surface area contributed by atoms with Gasteiger partial charge in [0.25, 0.3) is 0 Å². The van der Waals surface area contributed by atoms with Crippen LogP contribution in [0.3, 0.4) is 0 Å². The molecule has 2 unspecified atom stereocenters. The van der Waals surface area contributed by atoms with Crippen LogP contribution in [0.4, 0.5) is 13.2 Å². The van der Waals surface area contributed by atoms with Crippen molar-refractivity contribution < 1.29 is 18.0 Å². The second kappa shape index (κ2) is 7.45. The van der Waals surface area contributed by atoms with Crippen LogP contribution in [0.25, 0.3) is 0 Å². The molecule has 0 spiro atoms. The van der Waals surface area contributed by atoms with E-state index in [-0.39, 0.29) is 6.54 Å². The molecule has 1 amide bonds. The van der Waals surface area contributed by atoms with Crippen molar-refractivity contribution in [2.24, 2.45) is 11.7 Å². The molecule has 6 heteroatoms. The number of benzene rings is 1. The van der Waals surface area contributed by atoms with Crippen molar-refractivity contribution in [3.8, 4) is 0 Å². The summed E-state index contributed by atoms with van der Waals surface area (Å²) in [6.45, 7) is 2.15. The van der Waals surface area contributed by atoms with Gasteiger partial charge in [-0.15, -0.1) is 0 Å². The smallest absolute Gasteiger partial charge is 0.333 e. The summed E-state index contributed by atoms with van der Waals surface area (Å²) in [6, 6.07) is 8.30. The third-order valence-corrected chi connectivity index (χ3v) is 3.29. The number of hydrogen-bond donors (Lipinski definition) is 1. The van der Waals surface area contributed by atoms with E-state index in [9.17, 15) is 18.0 Å². The molecule has 0 radical (unpaired) electrons. The summed E-state index contributed by atoms with van der Waals surface area (Å²) >= 11 is 0. The molecule has 1 aromatic rings. The van der Waals surface area contributed by atoms with Gasteiger partial charge in [-0.2, -0.15) is 13.2 Å². The molecule has 0 aliphatic heterocycles. The minimum atomic E-state index is -4.40. The number of nitrogens with zero attached hydrogens (tertiary/aromatic N) is 1. The zero-order valence-electron chi connectivity index (χ0n) is 12.2. The molecule has 0 aliphatic carbocycles. The van der Waals surface area contributed by atoms with E-state index in [0.29, 0.717) is 6.42 Å². The lowest BCUT2D eigenvalue weighted by atomic mass is 9.94. The highest BCUT2D eigenvalue weighted by molar-refractivity contribution is 5.79. The summed E-state index contributed by atoms with van der Waals surface area (Å²) in [4.78, 5) is 13.1. The second-order valence-electron chi connectivity index (χ2n) is 5.10. The van der Waals surface area contributed by atoms with E-state index < -0.39 is 30.6 Å². The number of carbonyl (C=O) groups is 1. The molecule has 2 N–H and O–H groups in total. The van der Waals surface area contributed by atoms with E-state index in [1.54, 1.807) is 38.1 Å². The van der Waals surface area contributed by atoms with Crippen LogP contribution in [-0.4, -0.2) is 30.1 Å². The summed E-state index contributed by atoms with van der Waals surface area (Å²) in [5, 5.41) is 0. The Balaban J connectivity index is 2.82. The predicted molar refractivity (Wildman–Crippen MR) is 75.5 cm³/mol. The van der Waals surface area contributed by atoms with Crippen LogP contribution in [0.1, 0.15) is 31.9 Å². The molecule has 1 rings (SSSR count). The van der Waals surface area contributed by atoms with Gasteiger partial charge in [0.1, 0.15) is 6.54 Å². The minimum Gasteiger partial charge on any atom is -0.333 e. The van der Waals surface area contributed by atoms with Crippen molar-refractivity contribution >= 4 is 5.91 Å². The van der Waals surface area contributed by atoms with Crippen molar-refractivity contribution in [3.63, 3.8) is 0 Å². The Hall–Kier alpha value is -1.56. The number of carbonyl (C=O) groups excluding carboxylic acids is 1. The highest BCUT2D eigenvalue weighted by Gasteiger charge is 2.35. The van der Waals surface area contributed by atoms with Crippen LogP contribution in [0.2, 0.25) is 0 Å². The maximum Gasteiger partial charge on any atom is 0.406 e. The van der Waals surface area contributed by atoms with E-state index in [0.717, 1.165) is 10.5 Å². The average Bonchev–Trinajstić information content (AvgIpc) is 2.44. The number of nitrogens with two attached hydrogens (primary N) is 1. The molecule has 0 aliphatic rings. The first-order chi connectivity index (χ1) is 9.76. The first-order valence-electron chi connectivity index (χ1n) is 6.92. The first kappa shape index (κ1) is 17.5. The van der Waals surface area contributed by atoms with E-state index >= 15 is 0 Å². The fraction of sp³-hybridized carbons (Fsp3) is 0.533. The lowest BCUT2D eigenvalue weighted by Gasteiger charge is -2.29. The van der Waals surface area contributed by atoms with Crippen LogP contribution >= 0.6 is 0 Å². The number of hydrogen-bond acceptors (Lipinski definition) is 2. The van der Waals surface area contributed by atoms with Gasteiger partial charge in [0.2, 0.25) is 5.91 Å². The van der Waals surface area contributed by atoms with Crippen molar-refractivity contribution in [3.05, 3.63) is 35.9 Å². The van der Waals surface area contributed by atoms with Gasteiger partial charge in [-0.25, -0.2) is 0 Å². The molecule has 0 bridgehead atoms. The summed E-state index contributed by atoms with van der Waals surface area (Å²) < 4.78 is 37.7. The topological polar surface area (TPSA) is 46.3 Å². The zero-order chi connectivity index (χ0) is 16.0. The van der Waals surface area contributed by atoms with Crippen molar-refractivity contribution in [2.45, 2.75) is 32.5 Å². The van der Waals surface area contributed by atoms with Crippen molar-refractivity contribution in [1.82, 2.24) is 4.90 Å². The summed E-state index contributed by atoms with van der Waals surface area (Å²) in [5.74, 6) is -1.27. The molecule has 1 aromatic carbocycles. The molecule has 0 fully saturated rings. The molecule has 2 atom stereocenters. The van der Waals surface area contributed by atoms with Gasteiger partial charge in [0, 0.05) is 12.6 Å². The van der Waals surface area contributed by atoms with E-state index in [1.165, 1.54) is 0 Å². The summed E-state index contributed by atoms with van der Waals surface area (Å²) in [7, 11) is 0. The quantitative estimate of drug-likeness (QED) is 0.877. The molecule has 0 saturated carbocycles. The second-order valence-corrected chi connectivity index (χ2v) is 5.10. The Kier molecular flexibility index (Phi) is 6.20. The van der Waals surface area contributed by atoms with Crippen LogP contribution in [-0.2, 0) is 4.79 Å². The Morgan fingerprint density at radius 2 is 1.86 bits per heavy atom. The monoisotopic (exact) mass is 302 g/mol. The number of amides is 1. The maximum atomic E-state index is 12.6.